The molecule has 1 N–H and O–H groups in total. The van der Waals surface area contributed by atoms with Gasteiger partial charge in [0.2, 0.25) is 0 Å². The van der Waals surface area contributed by atoms with E-state index < -0.39 is 0 Å². The van der Waals surface area contributed by atoms with Crippen molar-refractivity contribution in [1.29, 1.82) is 0 Å². The summed E-state index contributed by atoms with van der Waals surface area (Å²) < 4.78 is 2.30. The van der Waals surface area contributed by atoms with Crippen LogP contribution in [0.25, 0.3) is 5.69 Å². The fourth-order valence-corrected chi connectivity index (χ4v) is 4.85. The zero-order valence-corrected chi connectivity index (χ0v) is 18.3. The van der Waals surface area contributed by atoms with E-state index in [0.29, 0.717) is 12.4 Å². The Bertz CT molecular complexity index is 1190. The van der Waals surface area contributed by atoms with Crippen molar-refractivity contribution < 1.29 is 0 Å². The molecule has 0 saturated heterocycles. The van der Waals surface area contributed by atoms with Crippen LogP contribution in [0.15, 0.2) is 46.2 Å². The fourth-order valence-electron chi connectivity index (χ4n) is 4.85. The molecule has 31 heavy (non-hydrogen) atoms. The summed E-state index contributed by atoms with van der Waals surface area (Å²) in [4.78, 5) is 27.6. The number of benzene rings is 1. The second kappa shape index (κ2) is 8.27. The monoisotopic (exact) mass is 415 g/mol. The van der Waals surface area contributed by atoms with Crippen molar-refractivity contribution in [3.8, 4) is 5.69 Å². The van der Waals surface area contributed by atoms with Crippen molar-refractivity contribution in [2.45, 2.75) is 52.6 Å². The first-order valence-electron chi connectivity index (χ1n) is 11.2. The zero-order chi connectivity index (χ0) is 21.4. The lowest BCUT2D eigenvalue weighted by Gasteiger charge is -2.28. The zero-order valence-electron chi connectivity index (χ0n) is 18.3. The molecular weight excluding hydrogens is 386 g/mol. The molecule has 5 rings (SSSR count). The van der Waals surface area contributed by atoms with Gasteiger partial charge in [0.05, 0.1) is 17.0 Å². The lowest BCUT2D eigenvalue weighted by Crippen LogP contribution is -2.36. The third kappa shape index (κ3) is 3.88. The molecule has 0 saturated carbocycles. The van der Waals surface area contributed by atoms with Gasteiger partial charge in [-0.2, -0.15) is 0 Å². The van der Waals surface area contributed by atoms with E-state index in [-0.39, 0.29) is 5.56 Å². The molecule has 2 aliphatic rings. The first-order valence-corrected chi connectivity index (χ1v) is 11.2. The van der Waals surface area contributed by atoms with Gasteiger partial charge < -0.3 is 9.55 Å². The summed E-state index contributed by atoms with van der Waals surface area (Å²) in [6, 6.07) is 12.7. The molecule has 0 atom stereocenters. The van der Waals surface area contributed by atoms with Gasteiger partial charge in [0.1, 0.15) is 0 Å². The van der Waals surface area contributed by atoms with E-state index in [2.05, 4.69) is 63.6 Å². The predicted molar refractivity (Wildman–Crippen MR) is 123 cm³/mol. The largest absolute Gasteiger partial charge is 0.318 e. The molecule has 4 heterocycles. The summed E-state index contributed by atoms with van der Waals surface area (Å²) in [5.41, 5.74) is 7.69. The van der Waals surface area contributed by atoms with Gasteiger partial charge in [-0.05, 0) is 56.9 Å². The van der Waals surface area contributed by atoms with Crippen LogP contribution in [0.4, 0.5) is 0 Å². The minimum atomic E-state index is -0.00673. The number of rotatable bonds is 4. The number of hydrogen-bond acceptors (Lipinski definition) is 4. The molecule has 6 nitrogen and oxygen atoms in total. The molecule has 3 aromatic rings. The number of fused-ring (bicyclic) bond motifs is 1. The van der Waals surface area contributed by atoms with Crippen LogP contribution in [0.5, 0.6) is 0 Å². The molecule has 2 aliphatic heterocycles. The highest BCUT2D eigenvalue weighted by molar-refractivity contribution is 5.97. The highest BCUT2D eigenvalue weighted by Gasteiger charge is 2.24. The molecule has 2 aromatic heterocycles. The number of H-pyrrole nitrogens is 1. The molecular formula is C25H29N5O. The highest BCUT2D eigenvalue weighted by atomic mass is 16.1. The summed E-state index contributed by atoms with van der Waals surface area (Å²) in [7, 11) is 0. The number of aromatic nitrogens is 3. The Morgan fingerprint density at radius 3 is 2.71 bits per heavy atom. The molecule has 0 bridgehead atoms. The highest BCUT2D eigenvalue weighted by Crippen LogP contribution is 2.24. The Morgan fingerprint density at radius 1 is 1.10 bits per heavy atom. The SMILES string of the molecule is Cc1cc(CN2CCc3nc(C4=NCCCC4)[nH]c(=O)c3C2)c(C)n1-c1ccccc1. The molecule has 1 aromatic carbocycles. The summed E-state index contributed by atoms with van der Waals surface area (Å²) >= 11 is 0. The van der Waals surface area contributed by atoms with Crippen molar-refractivity contribution in [3.63, 3.8) is 0 Å². The lowest BCUT2D eigenvalue weighted by molar-refractivity contribution is 0.241. The number of hydrogen-bond donors (Lipinski definition) is 1. The number of aliphatic imine (C=N–C) groups is 1. The molecule has 160 valence electrons. The van der Waals surface area contributed by atoms with Gasteiger partial charge in [0.15, 0.2) is 5.82 Å². The van der Waals surface area contributed by atoms with E-state index in [4.69, 9.17) is 4.98 Å². The molecule has 0 radical (unpaired) electrons. The second-order valence-corrected chi connectivity index (χ2v) is 8.65. The van der Waals surface area contributed by atoms with Crippen molar-refractivity contribution in [2.75, 3.05) is 13.1 Å². The molecule has 0 amide bonds. The summed E-state index contributed by atoms with van der Waals surface area (Å²) in [6.45, 7) is 7.55. The third-order valence-electron chi connectivity index (χ3n) is 6.49. The van der Waals surface area contributed by atoms with E-state index >= 15 is 0 Å². The Kier molecular flexibility index (Phi) is 5.32. The number of aromatic amines is 1. The maximum absolute atomic E-state index is 12.9. The maximum Gasteiger partial charge on any atom is 0.255 e. The van der Waals surface area contributed by atoms with E-state index in [1.807, 2.05) is 6.07 Å². The van der Waals surface area contributed by atoms with Gasteiger partial charge in [-0.1, -0.05) is 18.2 Å². The van der Waals surface area contributed by atoms with Crippen molar-refractivity contribution in [1.82, 2.24) is 19.4 Å². The van der Waals surface area contributed by atoms with Gasteiger partial charge in [0, 0.05) is 49.7 Å². The van der Waals surface area contributed by atoms with Gasteiger partial charge >= 0.3 is 0 Å². The minimum Gasteiger partial charge on any atom is -0.318 e. The Hall–Kier alpha value is -2.99. The smallest absolute Gasteiger partial charge is 0.255 e. The first-order chi connectivity index (χ1) is 15.1. The number of aryl methyl sites for hydroxylation is 1. The number of nitrogens with one attached hydrogen (secondary N) is 1. The Morgan fingerprint density at radius 2 is 1.94 bits per heavy atom. The van der Waals surface area contributed by atoms with Crippen LogP contribution in [0.3, 0.4) is 0 Å². The van der Waals surface area contributed by atoms with Gasteiger partial charge in [-0.15, -0.1) is 0 Å². The minimum absolute atomic E-state index is 0.00673. The standard InChI is InChI=1S/C25H29N5O/c1-17-14-19(18(2)30(17)20-8-4-3-5-9-20)15-29-13-11-22-21(16-29)25(31)28-24(27-22)23-10-6-7-12-26-23/h3-5,8-9,14H,6-7,10-13,15-16H2,1-2H3,(H,27,28,31). The topological polar surface area (TPSA) is 66.3 Å². The molecule has 0 unspecified atom stereocenters. The van der Waals surface area contributed by atoms with E-state index in [1.165, 1.54) is 22.6 Å². The number of nitrogens with zero attached hydrogens (tertiary/aromatic N) is 4. The van der Waals surface area contributed by atoms with Crippen LogP contribution in [0.2, 0.25) is 0 Å². The van der Waals surface area contributed by atoms with E-state index in [0.717, 1.165) is 62.3 Å². The van der Waals surface area contributed by atoms with Crippen LogP contribution in [0, 0.1) is 13.8 Å². The van der Waals surface area contributed by atoms with Crippen molar-refractivity contribution >= 4 is 5.71 Å². The van der Waals surface area contributed by atoms with Crippen LogP contribution < -0.4 is 5.56 Å². The van der Waals surface area contributed by atoms with E-state index in [1.54, 1.807) is 0 Å². The quantitative estimate of drug-likeness (QED) is 0.706. The predicted octanol–water partition coefficient (Wildman–Crippen LogP) is 3.71. The van der Waals surface area contributed by atoms with Gasteiger partial charge in [-0.25, -0.2) is 4.98 Å². The van der Waals surface area contributed by atoms with Crippen LogP contribution in [0.1, 0.15) is 53.3 Å². The van der Waals surface area contributed by atoms with Crippen LogP contribution >= 0.6 is 0 Å². The molecule has 0 aliphatic carbocycles. The second-order valence-electron chi connectivity index (χ2n) is 8.65. The summed E-state index contributed by atoms with van der Waals surface area (Å²) in [5.74, 6) is 0.684. The number of para-hydroxylation sites is 1. The van der Waals surface area contributed by atoms with Crippen molar-refractivity contribution in [3.05, 3.63) is 80.8 Å². The first kappa shape index (κ1) is 19.9. The summed E-state index contributed by atoms with van der Waals surface area (Å²) in [5, 5.41) is 0. The Labute approximate surface area is 182 Å². The maximum atomic E-state index is 12.9. The van der Waals surface area contributed by atoms with E-state index in [9.17, 15) is 4.79 Å². The fraction of sp³-hybridized carbons (Fsp3) is 0.400. The third-order valence-corrected chi connectivity index (χ3v) is 6.49. The van der Waals surface area contributed by atoms with Crippen LogP contribution in [-0.4, -0.2) is 38.2 Å². The lowest BCUT2D eigenvalue weighted by atomic mass is 10.0. The van der Waals surface area contributed by atoms with Gasteiger partial charge in [-0.3, -0.25) is 14.7 Å². The van der Waals surface area contributed by atoms with Crippen molar-refractivity contribution in [2.24, 2.45) is 4.99 Å². The molecule has 0 spiro atoms. The normalized spacial score (nSPS) is 16.8. The van der Waals surface area contributed by atoms with Gasteiger partial charge in [0.25, 0.3) is 5.56 Å². The molecule has 0 fully saturated rings. The average Bonchev–Trinajstić information content (AvgIpc) is 3.08. The summed E-state index contributed by atoms with van der Waals surface area (Å²) in [6.07, 6.45) is 3.95. The average molecular weight is 416 g/mol. The van der Waals surface area contributed by atoms with Crippen LogP contribution in [-0.2, 0) is 19.5 Å². The molecule has 6 heteroatoms. The Balaban J connectivity index is 1.37.